The predicted molar refractivity (Wildman–Crippen MR) is 121 cm³/mol. The van der Waals surface area contributed by atoms with Crippen LogP contribution >= 0.6 is 0 Å². The summed E-state index contributed by atoms with van der Waals surface area (Å²) in [5.74, 6) is -1.94. The Morgan fingerprint density at radius 1 is 1.09 bits per heavy atom. The normalized spacial score (nSPS) is 12.9. The fourth-order valence-electron chi connectivity index (χ4n) is 4.15. The third kappa shape index (κ3) is 5.50. The standard InChI is InChI=1S/C25H27N3O5/c1-16(2)28(13-7-12-26)24(31)22(14-23(29)30)27-25(32)33-15-21-19-10-5-3-8-17(19)18-9-4-6-11-20(18)21/h3-6,8-11,16,21-22H,7,13-15H2,1-2H3,(H,27,32)(H,29,30). The van der Waals surface area contributed by atoms with E-state index in [0.717, 1.165) is 22.3 Å². The zero-order chi connectivity index (χ0) is 24.0. The Hall–Kier alpha value is -3.86. The molecule has 0 radical (unpaired) electrons. The number of fused-ring (bicyclic) bond motifs is 3. The average Bonchev–Trinajstić information content (AvgIpc) is 3.10. The van der Waals surface area contributed by atoms with Crippen LogP contribution in [0.3, 0.4) is 0 Å². The van der Waals surface area contributed by atoms with Gasteiger partial charge in [-0.25, -0.2) is 4.79 Å². The number of ether oxygens (including phenoxy) is 1. The van der Waals surface area contributed by atoms with Crippen LogP contribution < -0.4 is 5.32 Å². The summed E-state index contributed by atoms with van der Waals surface area (Å²) in [6, 6.07) is 16.2. The molecular formula is C25H27N3O5. The first-order valence-electron chi connectivity index (χ1n) is 10.8. The van der Waals surface area contributed by atoms with E-state index in [9.17, 15) is 19.5 Å². The summed E-state index contributed by atoms with van der Waals surface area (Å²) >= 11 is 0. The van der Waals surface area contributed by atoms with Crippen LogP contribution in [-0.2, 0) is 14.3 Å². The predicted octanol–water partition coefficient (Wildman–Crippen LogP) is 3.52. The molecule has 0 bridgehead atoms. The number of amides is 2. The molecule has 8 heteroatoms. The Bertz CT molecular complexity index is 1030. The monoisotopic (exact) mass is 449 g/mol. The fourth-order valence-corrected chi connectivity index (χ4v) is 4.15. The van der Waals surface area contributed by atoms with E-state index < -0.39 is 30.4 Å². The molecular weight excluding hydrogens is 422 g/mol. The van der Waals surface area contributed by atoms with Crippen LogP contribution in [0.4, 0.5) is 4.79 Å². The summed E-state index contributed by atoms with van der Waals surface area (Å²) in [6.07, 6.45) is -1.34. The molecule has 0 spiro atoms. The maximum atomic E-state index is 12.9. The molecule has 0 saturated carbocycles. The first-order valence-corrected chi connectivity index (χ1v) is 10.8. The number of carbonyl (C=O) groups excluding carboxylic acids is 2. The SMILES string of the molecule is CC(C)N(CCC#N)C(=O)C(CC(=O)O)NC(=O)OCC1c2ccccc2-c2ccccc21. The number of rotatable bonds is 9. The van der Waals surface area contributed by atoms with E-state index in [2.05, 4.69) is 5.32 Å². The summed E-state index contributed by atoms with van der Waals surface area (Å²) in [6.45, 7) is 3.73. The number of nitriles is 1. The lowest BCUT2D eigenvalue weighted by atomic mass is 9.98. The van der Waals surface area contributed by atoms with Crippen molar-refractivity contribution in [2.24, 2.45) is 0 Å². The third-order valence-electron chi connectivity index (χ3n) is 5.68. The van der Waals surface area contributed by atoms with Crippen molar-refractivity contribution < 1.29 is 24.2 Å². The van der Waals surface area contributed by atoms with Crippen LogP contribution in [0, 0.1) is 11.3 Å². The fraction of sp³-hybridized carbons (Fsp3) is 0.360. The molecule has 0 saturated heterocycles. The number of hydrogen-bond donors (Lipinski definition) is 2. The molecule has 3 rings (SSSR count). The number of carboxylic acid groups (broad SMARTS) is 1. The number of carbonyl (C=O) groups is 3. The van der Waals surface area contributed by atoms with E-state index in [1.807, 2.05) is 54.6 Å². The zero-order valence-corrected chi connectivity index (χ0v) is 18.7. The van der Waals surface area contributed by atoms with Crippen molar-refractivity contribution >= 4 is 18.0 Å². The van der Waals surface area contributed by atoms with Crippen molar-refractivity contribution in [2.75, 3.05) is 13.2 Å². The minimum absolute atomic E-state index is 0.0518. The maximum Gasteiger partial charge on any atom is 0.407 e. The molecule has 0 fully saturated rings. The van der Waals surface area contributed by atoms with E-state index in [4.69, 9.17) is 10.00 Å². The molecule has 0 heterocycles. The summed E-state index contributed by atoms with van der Waals surface area (Å²) in [7, 11) is 0. The van der Waals surface area contributed by atoms with Crippen molar-refractivity contribution in [1.82, 2.24) is 10.2 Å². The van der Waals surface area contributed by atoms with Crippen LogP contribution in [0.1, 0.15) is 43.7 Å². The van der Waals surface area contributed by atoms with Gasteiger partial charge in [0.25, 0.3) is 0 Å². The lowest BCUT2D eigenvalue weighted by molar-refractivity contribution is -0.143. The van der Waals surface area contributed by atoms with Gasteiger partial charge in [0, 0.05) is 18.5 Å². The number of benzene rings is 2. The van der Waals surface area contributed by atoms with Gasteiger partial charge in [-0.15, -0.1) is 0 Å². The van der Waals surface area contributed by atoms with Gasteiger partial charge in [-0.1, -0.05) is 48.5 Å². The van der Waals surface area contributed by atoms with Crippen LogP contribution in [-0.4, -0.2) is 53.2 Å². The summed E-state index contributed by atoms with van der Waals surface area (Å²) < 4.78 is 5.46. The van der Waals surface area contributed by atoms with Gasteiger partial charge < -0.3 is 20.1 Å². The number of hydrogen-bond acceptors (Lipinski definition) is 5. The van der Waals surface area contributed by atoms with Crippen molar-refractivity contribution in [1.29, 1.82) is 5.26 Å². The molecule has 2 amide bonds. The minimum Gasteiger partial charge on any atom is -0.481 e. The van der Waals surface area contributed by atoms with Gasteiger partial charge >= 0.3 is 12.1 Å². The Morgan fingerprint density at radius 2 is 1.67 bits per heavy atom. The average molecular weight is 450 g/mol. The minimum atomic E-state index is -1.29. The number of aliphatic carboxylic acids is 1. The Balaban J connectivity index is 1.70. The second kappa shape index (κ2) is 10.6. The number of carboxylic acids is 1. The molecule has 0 aromatic heterocycles. The molecule has 172 valence electrons. The number of alkyl carbamates (subject to hydrolysis) is 1. The molecule has 0 aliphatic heterocycles. The van der Waals surface area contributed by atoms with Crippen molar-refractivity contribution in [3.05, 3.63) is 59.7 Å². The molecule has 1 unspecified atom stereocenters. The van der Waals surface area contributed by atoms with Crippen LogP contribution in [0.2, 0.25) is 0 Å². The third-order valence-corrected chi connectivity index (χ3v) is 5.68. The topological polar surface area (TPSA) is 120 Å². The van der Waals surface area contributed by atoms with Gasteiger partial charge in [-0.2, -0.15) is 5.26 Å². The number of nitrogens with zero attached hydrogens (tertiary/aromatic N) is 2. The quantitative estimate of drug-likeness (QED) is 0.604. The van der Waals surface area contributed by atoms with Crippen LogP contribution in [0.5, 0.6) is 0 Å². The Labute approximate surface area is 192 Å². The van der Waals surface area contributed by atoms with E-state index in [1.165, 1.54) is 4.90 Å². The van der Waals surface area contributed by atoms with Gasteiger partial charge in [0.2, 0.25) is 5.91 Å². The van der Waals surface area contributed by atoms with Gasteiger partial charge in [0.05, 0.1) is 18.9 Å². The first kappa shape index (κ1) is 23.8. The molecule has 1 aliphatic carbocycles. The first-order chi connectivity index (χ1) is 15.8. The van der Waals surface area contributed by atoms with Crippen molar-refractivity contribution in [3.8, 4) is 17.2 Å². The van der Waals surface area contributed by atoms with Crippen LogP contribution in [0.15, 0.2) is 48.5 Å². The highest BCUT2D eigenvalue weighted by atomic mass is 16.5. The van der Waals surface area contributed by atoms with Crippen LogP contribution in [0.25, 0.3) is 11.1 Å². The Morgan fingerprint density at radius 3 is 2.18 bits per heavy atom. The smallest absolute Gasteiger partial charge is 0.407 e. The molecule has 1 aliphatic rings. The van der Waals surface area contributed by atoms with Gasteiger partial charge in [-0.05, 0) is 36.1 Å². The molecule has 2 aromatic carbocycles. The molecule has 2 N–H and O–H groups in total. The largest absolute Gasteiger partial charge is 0.481 e. The van der Waals surface area contributed by atoms with E-state index in [1.54, 1.807) is 13.8 Å². The summed E-state index contributed by atoms with van der Waals surface area (Å²) in [5, 5.41) is 20.5. The highest BCUT2D eigenvalue weighted by molar-refractivity contribution is 5.89. The van der Waals surface area contributed by atoms with E-state index in [0.29, 0.717) is 0 Å². The number of nitrogens with one attached hydrogen (secondary N) is 1. The highest BCUT2D eigenvalue weighted by Crippen LogP contribution is 2.44. The maximum absolute atomic E-state index is 12.9. The Kier molecular flexibility index (Phi) is 7.67. The molecule has 2 aromatic rings. The van der Waals surface area contributed by atoms with Gasteiger partial charge in [0.1, 0.15) is 12.6 Å². The second-order valence-corrected chi connectivity index (χ2v) is 8.15. The van der Waals surface area contributed by atoms with Gasteiger partial charge in [-0.3, -0.25) is 9.59 Å². The van der Waals surface area contributed by atoms with Gasteiger partial charge in [0.15, 0.2) is 0 Å². The second-order valence-electron chi connectivity index (χ2n) is 8.15. The molecule has 8 nitrogen and oxygen atoms in total. The lowest BCUT2D eigenvalue weighted by Gasteiger charge is -2.29. The zero-order valence-electron chi connectivity index (χ0n) is 18.7. The van der Waals surface area contributed by atoms with Crippen molar-refractivity contribution in [2.45, 2.75) is 44.7 Å². The molecule has 33 heavy (non-hydrogen) atoms. The van der Waals surface area contributed by atoms with E-state index >= 15 is 0 Å². The van der Waals surface area contributed by atoms with Crippen molar-refractivity contribution in [3.63, 3.8) is 0 Å². The summed E-state index contributed by atoms with van der Waals surface area (Å²) in [4.78, 5) is 38.2. The lowest BCUT2D eigenvalue weighted by Crippen LogP contribution is -2.52. The van der Waals surface area contributed by atoms with E-state index in [-0.39, 0.29) is 31.5 Å². The summed E-state index contributed by atoms with van der Waals surface area (Å²) in [5.41, 5.74) is 4.27. The molecule has 1 atom stereocenters. The highest BCUT2D eigenvalue weighted by Gasteiger charge is 2.32.